The molecule has 1 heterocycles. The third kappa shape index (κ3) is 2.34. The van der Waals surface area contributed by atoms with Gasteiger partial charge in [0.15, 0.2) is 0 Å². The lowest BCUT2D eigenvalue weighted by Gasteiger charge is -2.27. The number of benzene rings is 1. The molecule has 1 fully saturated rings. The molecule has 4 nitrogen and oxygen atoms in total. The fourth-order valence-electron chi connectivity index (χ4n) is 2.45. The second-order valence-corrected chi connectivity index (χ2v) is 4.94. The summed E-state index contributed by atoms with van der Waals surface area (Å²) in [5, 5.41) is 0. The zero-order chi connectivity index (χ0) is 13.3. The molecule has 1 amide bonds. The number of nitrogens with zero attached hydrogens (tertiary/aromatic N) is 1. The smallest absolute Gasteiger partial charge is 0.256 e. The van der Waals surface area contributed by atoms with E-state index in [1.54, 1.807) is 11.0 Å². The number of nitrogens with two attached hydrogens (primary N) is 1. The van der Waals surface area contributed by atoms with Crippen LogP contribution >= 0.6 is 0 Å². The van der Waals surface area contributed by atoms with Crippen LogP contribution in [-0.2, 0) is 4.74 Å². The van der Waals surface area contributed by atoms with Gasteiger partial charge in [0.25, 0.3) is 5.91 Å². The molecule has 2 atom stereocenters. The molecule has 2 rings (SSSR count). The molecule has 1 aromatic carbocycles. The molecule has 1 saturated heterocycles. The van der Waals surface area contributed by atoms with Crippen LogP contribution in [0.4, 0.5) is 5.69 Å². The lowest BCUT2D eigenvalue weighted by molar-refractivity contribution is 0.0575. The Morgan fingerprint density at radius 3 is 2.78 bits per heavy atom. The van der Waals surface area contributed by atoms with Gasteiger partial charge in [-0.05, 0) is 38.0 Å². The molecule has 0 aliphatic carbocycles. The van der Waals surface area contributed by atoms with Crippen LogP contribution in [0.5, 0.6) is 0 Å². The predicted octanol–water partition coefficient (Wildman–Crippen LogP) is 1.83. The van der Waals surface area contributed by atoms with Crippen molar-refractivity contribution in [2.45, 2.75) is 32.4 Å². The van der Waals surface area contributed by atoms with Gasteiger partial charge < -0.3 is 15.4 Å². The van der Waals surface area contributed by atoms with Crippen LogP contribution in [0.2, 0.25) is 0 Å². The Morgan fingerprint density at radius 2 is 2.22 bits per heavy atom. The van der Waals surface area contributed by atoms with E-state index < -0.39 is 0 Å². The first-order chi connectivity index (χ1) is 8.50. The average Bonchev–Trinajstić information content (AvgIpc) is 2.74. The Hall–Kier alpha value is -1.55. The lowest BCUT2D eigenvalue weighted by atomic mass is 10.1. The van der Waals surface area contributed by atoms with Crippen molar-refractivity contribution in [1.82, 2.24) is 4.90 Å². The van der Waals surface area contributed by atoms with Crippen molar-refractivity contribution in [1.29, 1.82) is 0 Å². The lowest BCUT2D eigenvalue weighted by Crippen LogP contribution is -2.41. The minimum absolute atomic E-state index is 0.0325. The number of anilines is 1. The first kappa shape index (κ1) is 12.9. The van der Waals surface area contributed by atoms with Crippen molar-refractivity contribution in [2.75, 3.05) is 19.4 Å². The molecule has 1 aliphatic rings. The number of rotatable bonds is 2. The first-order valence-corrected chi connectivity index (χ1v) is 6.25. The number of likely N-dealkylation sites (N-methyl/N-ethyl adjacent to an activating group) is 1. The number of hydrogen-bond acceptors (Lipinski definition) is 3. The van der Waals surface area contributed by atoms with Crippen LogP contribution in [0.1, 0.15) is 29.3 Å². The van der Waals surface area contributed by atoms with Crippen molar-refractivity contribution in [3.63, 3.8) is 0 Å². The molecule has 2 unspecified atom stereocenters. The fraction of sp³-hybridized carbons (Fsp3) is 0.500. The van der Waals surface area contributed by atoms with E-state index in [9.17, 15) is 4.79 Å². The minimum atomic E-state index is -0.0325. The standard InChI is InChI=1S/C14H20N2O2/c1-9-4-5-11(12(15)8-9)14(17)16(3)13-6-7-18-10(13)2/h4-5,8,10,13H,6-7,15H2,1-3H3. The van der Waals surface area contributed by atoms with Gasteiger partial charge in [0, 0.05) is 19.3 Å². The van der Waals surface area contributed by atoms with Gasteiger partial charge >= 0.3 is 0 Å². The summed E-state index contributed by atoms with van der Waals surface area (Å²) in [6.45, 7) is 4.67. The minimum Gasteiger partial charge on any atom is -0.398 e. The van der Waals surface area contributed by atoms with E-state index in [0.717, 1.165) is 12.0 Å². The number of ether oxygens (including phenoxy) is 1. The van der Waals surface area contributed by atoms with Gasteiger partial charge in [0.1, 0.15) is 0 Å². The Bertz CT molecular complexity index is 459. The summed E-state index contributed by atoms with van der Waals surface area (Å²) in [4.78, 5) is 14.1. The number of carbonyl (C=O) groups excluding carboxylic acids is 1. The van der Waals surface area contributed by atoms with Crippen LogP contribution in [-0.4, -0.2) is 36.6 Å². The normalized spacial score (nSPS) is 23.1. The Balaban J connectivity index is 2.20. The molecule has 4 heteroatoms. The summed E-state index contributed by atoms with van der Waals surface area (Å²) < 4.78 is 5.50. The Kier molecular flexibility index (Phi) is 3.57. The zero-order valence-electron chi connectivity index (χ0n) is 11.1. The molecule has 98 valence electrons. The molecule has 18 heavy (non-hydrogen) atoms. The average molecular weight is 248 g/mol. The Morgan fingerprint density at radius 1 is 1.50 bits per heavy atom. The first-order valence-electron chi connectivity index (χ1n) is 6.25. The number of carbonyl (C=O) groups is 1. The summed E-state index contributed by atoms with van der Waals surface area (Å²) in [5.74, 6) is -0.0325. The maximum Gasteiger partial charge on any atom is 0.256 e. The van der Waals surface area contributed by atoms with Gasteiger partial charge in [-0.1, -0.05) is 6.07 Å². The van der Waals surface area contributed by atoms with Crippen LogP contribution in [0.25, 0.3) is 0 Å². The van der Waals surface area contributed by atoms with Gasteiger partial charge in [0.2, 0.25) is 0 Å². The topological polar surface area (TPSA) is 55.6 Å². The molecule has 1 aliphatic heterocycles. The van der Waals surface area contributed by atoms with Crippen molar-refractivity contribution < 1.29 is 9.53 Å². The largest absolute Gasteiger partial charge is 0.398 e. The molecule has 2 N–H and O–H groups in total. The van der Waals surface area contributed by atoms with Crippen molar-refractivity contribution in [2.24, 2.45) is 0 Å². The van der Waals surface area contributed by atoms with Gasteiger partial charge in [0.05, 0.1) is 17.7 Å². The van der Waals surface area contributed by atoms with Crippen LogP contribution < -0.4 is 5.73 Å². The highest BCUT2D eigenvalue weighted by Gasteiger charge is 2.31. The fourth-order valence-corrected chi connectivity index (χ4v) is 2.45. The maximum absolute atomic E-state index is 12.4. The van der Waals surface area contributed by atoms with Crippen molar-refractivity contribution in [3.8, 4) is 0 Å². The SMILES string of the molecule is Cc1ccc(C(=O)N(C)C2CCOC2C)c(N)c1. The highest BCUT2D eigenvalue weighted by atomic mass is 16.5. The van der Waals surface area contributed by atoms with Crippen LogP contribution in [0, 0.1) is 6.92 Å². The Labute approximate surface area is 108 Å². The van der Waals surface area contributed by atoms with Gasteiger partial charge in [-0.3, -0.25) is 4.79 Å². The maximum atomic E-state index is 12.4. The summed E-state index contributed by atoms with van der Waals surface area (Å²) in [6.07, 6.45) is 0.973. The van der Waals surface area contributed by atoms with E-state index in [4.69, 9.17) is 10.5 Å². The van der Waals surface area contributed by atoms with E-state index in [1.165, 1.54) is 0 Å². The third-order valence-electron chi connectivity index (χ3n) is 3.59. The van der Waals surface area contributed by atoms with Gasteiger partial charge in [-0.15, -0.1) is 0 Å². The molecular formula is C14H20N2O2. The van der Waals surface area contributed by atoms with E-state index in [-0.39, 0.29) is 18.1 Å². The molecule has 0 saturated carbocycles. The van der Waals surface area contributed by atoms with E-state index in [0.29, 0.717) is 17.9 Å². The summed E-state index contributed by atoms with van der Waals surface area (Å²) >= 11 is 0. The summed E-state index contributed by atoms with van der Waals surface area (Å²) in [5.41, 5.74) is 8.09. The number of aryl methyl sites for hydroxylation is 1. The second-order valence-electron chi connectivity index (χ2n) is 4.94. The third-order valence-corrected chi connectivity index (χ3v) is 3.59. The molecular weight excluding hydrogens is 228 g/mol. The summed E-state index contributed by atoms with van der Waals surface area (Å²) in [6, 6.07) is 5.67. The molecule has 0 radical (unpaired) electrons. The molecule has 1 aromatic rings. The highest BCUT2D eigenvalue weighted by Crippen LogP contribution is 2.22. The quantitative estimate of drug-likeness (QED) is 0.812. The van der Waals surface area contributed by atoms with Crippen LogP contribution in [0.15, 0.2) is 18.2 Å². The van der Waals surface area contributed by atoms with Crippen molar-refractivity contribution >= 4 is 11.6 Å². The van der Waals surface area contributed by atoms with E-state index >= 15 is 0 Å². The number of hydrogen-bond donors (Lipinski definition) is 1. The van der Waals surface area contributed by atoms with Gasteiger partial charge in [-0.2, -0.15) is 0 Å². The van der Waals surface area contributed by atoms with Crippen LogP contribution in [0.3, 0.4) is 0 Å². The second kappa shape index (κ2) is 4.98. The highest BCUT2D eigenvalue weighted by molar-refractivity contribution is 5.99. The van der Waals surface area contributed by atoms with Crippen molar-refractivity contribution in [3.05, 3.63) is 29.3 Å². The van der Waals surface area contributed by atoms with Gasteiger partial charge in [-0.25, -0.2) is 0 Å². The predicted molar refractivity (Wildman–Crippen MR) is 71.5 cm³/mol. The van der Waals surface area contributed by atoms with E-state index in [1.807, 2.05) is 33.0 Å². The molecule has 0 aromatic heterocycles. The number of amides is 1. The molecule has 0 spiro atoms. The number of nitrogen functional groups attached to an aromatic ring is 1. The summed E-state index contributed by atoms with van der Waals surface area (Å²) in [7, 11) is 1.82. The van der Waals surface area contributed by atoms with E-state index in [2.05, 4.69) is 0 Å². The molecule has 0 bridgehead atoms. The monoisotopic (exact) mass is 248 g/mol. The zero-order valence-corrected chi connectivity index (χ0v) is 11.1.